The first-order valence-corrected chi connectivity index (χ1v) is 8.40. The van der Waals surface area contributed by atoms with Crippen LogP contribution in [-0.4, -0.2) is 23.1 Å². The highest BCUT2D eigenvalue weighted by Gasteiger charge is 2.22. The summed E-state index contributed by atoms with van der Waals surface area (Å²) >= 11 is 0. The minimum Gasteiger partial charge on any atom is -0.355 e. The van der Waals surface area contributed by atoms with Crippen molar-refractivity contribution in [3.63, 3.8) is 0 Å². The molecule has 1 N–H and O–H groups in total. The third-order valence-corrected chi connectivity index (χ3v) is 4.60. The number of anilines is 1. The molecule has 0 amide bonds. The van der Waals surface area contributed by atoms with Crippen LogP contribution in [-0.2, 0) is 6.42 Å². The fourth-order valence-electron chi connectivity index (χ4n) is 3.16. The van der Waals surface area contributed by atoms with Crippen LogP contribution >= 0.6 is 0 Å². The molecule has 0 bridgehead atoms. The smallest absolute Gasteiger partial charge is 0.271 e. The highest BCUT2D eigenvalue weighted by molar-refractivity contribution is 5.53. The largest absolute Gasteiger partial charge is 0.355 e. The molecular formula is C19H22N4O. The van der Waals surface area contributed by atoms with Crippen LogP contribution in [0.25, 0.3) is 0 Å². The van der Waals surface area contributed by atoms with Crippen molar-refractivity contribution < 1.29 is 0 Å². The molecule has 1 fully saturated rings. The van der Waals surface area contributed by atoms with Crippen molar-refractivity contribution >= 4 is 5.82 Å². The predicted molar refractivity (Wildman–Crippen MR) is 94.2 cm³/mol. The zero-order valence-electron chi connectivity index (χ0n) is 14.2. The molecule has 1 aromatic carbocycles. The van der Waals surface area contributed by atoms with E-state index in [9.17, 15) is 10.1 Å². The Morgan fingerprint density at radius 2 is 2.12 bits per heavy atom. The van der Waals surface area contributed by atoms with E-state index in [0.29, 0.717) is 24.0 Å². The normalized spacial score (nSPS) is 15.3. The molecule has 24 heavy (non-hydrogen) atoms. The average molecular weight is 322 g/mol. The van der Waals surface area contributed by atoms with Crippen LogP contribution in [0.2, 0.25) is 0 Å². The lowest BCUT2D eigenvalue weighted by molar-refractivity contribution is 0.436. The predicted octanol–water partition coefficient (Wildman–Crippen LogP) is 2.78. The lowest BCUT2D eigenvalue weighted by Crippen LogP contribution is -2.36. The number of nitriles is 1. The van der Waals surface area contributed by atoms with E-state index in [4.69, 9.17) is 0 Å². The Balaban J connectivity index is 1.94. The van der Waals surface area contributed by atoms with E-state index in [0.717, 1.165) is 31.5 Å². The Morgan fingerprint density at radius 3 is 2.79 bits per heavy atom. The molecule has 0 radical (unpaired) electrons. The fraction of sp³-hybridized carbons (Fsp3) is 0.421. The number of hydrogen-bond donors (Lipinski definition) is 1. The number of aryl methyl sites for hydroxylation is 1. The average Bonchev–Trinajstić information content (AvgIpc) is 2.55. The summed E-state index contributed by atoms with van der Waals surface area (Å²) in [7, 11) is 0. The lowest BCUT2D eigenvalue weighted by atomic mass is 9.99. The van der Waals surface area contributed by atoms with E-state index in [1.165, 1.54) is 5.56 Å². The SMILES string of the molecule is Cc1cccc(Cc2nc(N3CCC(C)CC3)c(C#N)c(=O)[nH]2)c1. The molecule has 1 aliphatic rings. The fourth-order valence-corrected chi connectivity index (χ4v) is 3.16. The van der Waals surface area contributed by atoms with E-state index in [-0.39, 0.29) is 11.1 Å². The number of piperidine rings is 1. The summed E-state index contributed by atoms with van der Waals surface area (Å²) in [6, 6.07) is 10.2. The first-order chi connectivity index (χ1) is 11.6. The molecule has 3 rings (SSSR count). The summed E-state index contributed by atoms with van der Waals surface area (Å²) in [5.41, 5.74) is 2.05. The minimum absolute atomic E-state index is 0.123. The summed E-state index contributed by atoms with van der Waals surface area (Å²) in [4.78, 5) is 21.8. The van der Waals surface area contributed by atoms with E-state index in [1.54, 1.807) is 0 Å². The second-order valence-corrected chi connectivity index (χ2v) is 6.66. The number of aromatic amines is 1. The van der Waals surface area contributed by atoms with Crippen molar-refractivity contribution in [3.05, 3.63) is 57.1 Å². The van der Waals surface area contributed by atoms with Gasteiger partial charge in [0.15, 0.2) is 11.4 Å². The summed E-state index contributed by atoms with van der Waals surface area (Å²) in [5.74, 6) is 1.83. The molecule has 1 saturated heterocycles. The molecule has 124 valence electrons. The van der Waals surface area contributed by atoms with Crippen molar-refractivity contribution in [3.8, 4) is 6.07 Å². The van der Waals surface area contributed by atoms with Crippen molar-refractivity contribution in [2.24, 2.45) is 5.92 Å². The number of rotatable bonds is 3. The Bertz CT molecular complexity index is 826. The highest BCUT2D eigenvalue weighted by atomic mass is 16.1. The van der Waals surface area contributed by atoms with Gasteiger partial charge in [0.1, 0.15) is 11.9 Å². The summed E-state index contributed by atoms with van der Waals surface area (Å²) in [5, 5.41) is 9.36. The van der Waals surface area contributed by atoms with Crippen molar-refractivity contribution in [1.82, 2.24) is 9.97 Å². The topological polar surface area (TPSA) is 72.8 Å². The Morgan fingerprint density at radius 1 is 1.38 bits per heavy atom. The Kier molecular flexibility index (Phi) is 4.66. The molecule has 5 heteroatoms. The van der Waals surface area contributed by atoms with Gasteiger partial charge in [-0.05, 0) is 31.2 Å². The number of aromatic nitrogens is 2. The van der Waals surface area contributed by atoms with Gasteiger partial charge in [-0.15, -0.1) is 0 Å². The Hall–Kier alpha value is -2.61. The summed E-state index contributed by atoms with van der Waals surface area (Å²) in [6.07, 6.45) is 2.68. The summed E-state index contributed by atoms with van der Waals surface area (Å²) < 4.78 is 0. The zero-order valence-corrected chi connectivity index (χ0v) is 14.2. The minimum atomic E-state index is -0.344. The second kappa shape index (κ2) is 6.88. The van der Waals surface area contributed by atoms with Gasteiger partial charge in [0.05, 0.1) is 0 Å². The monoisotopic (exact) mass is 322 g/mol. The highest BCUT2D eigenvalue weighted by Crippen LogP contribution is 2.23. The van der Waals surface area contributed by atoms with Gasteiger partial charge in [-0.3, -0.25) is 4.79 Å². The molecule has 2 aromatic rings. The molecule has 1 aromatic heterocycles. The van der Waals surface area contributed by atoms with Crippen LogP contribution in [0, 0.1) is 24.2 Å². The number of hydrogen-bond acceptors (Lipinski definition) is 4. The van der Waals surface area contributed by atoms with Crippen molar-refractivity contribution in [2.45, 2.75) is 33.1 Å². The number of benzene rings is 1. The number of nitrogens with zero attached hydrogens (tertiary/aromatic N) is 3. The molecule has 0 unspecified atom stereocenters. The third kappa shape index (κ3) is 3.48. The van der Waals surface area contributed by atoms with E-state index >= 15 is 0 Å². The quantitative estimate of drug-likeness (QED) is 0.943. The van der Waals surface area contributed by atoms with Crippen LogP contribution in [0.5, 0.6) is 0 Å². The summed E-state index contributed by atoms with van der Waals surface area (Å²) in [6.45, 7) is 5.96. The molecule has 0 atom stereocenters. The van der Waals surface area contributed by atoms with Gasteiger partial charge in [-0.25, -0.2) is 4.98 Å². The van der Waals surface area contributed by atoms with Gasteiger partial charge in [-0.2, -0.15) is 5.26 Å². The van der Waals surface area contributed by atoms with E-state index < -0.39 is 0 Å². The van der Waals surface area contributed by atoms with Gasteiger partial charge in [0, 0.05) is 19.5 Å². The zero-order chi connectivity index (χ0) is 17.1. The maximum atomic E-state index is 12.3. The molecule has 1 aliphatic heterocycles. The van der Waals surface area contributed by atoms with Crippen LogP contribution in [0.15, 0.2) is 29.1 Å². The van der Waals surface area contributed by atoms with Gasteiger partial charge in [0.25, 0.3) is 5.56 Å². The van der Waals surface area contributed by atoms with Crippen LogP contribution < -0.4 is 10.5 Å². The lowest BCUT2D eigenvalue weighted by Gasteiger charge is -2.31. The first kappa shape index (κ1) is 16.3. The van der Waals surface area contributed by atoms with Crippen LogP contribution in [0.1, 0.15) is 42.3 Å². The number of H-pyrrole nitrogens is 1. The standard InChI is InChI=1S/C19H22N4O/c1-13-6-8-23(9-7-13)18-16(12-20)19(24)22-17(21-18)11-15-5-3-4-14(2)10-15/h3-5,10,13H,6-9,11H2,1-2H3,(H,21,22,24). The van der Waals surface area contributed by atoms with Gasteiger partial charge in [-0.1, -0.05) is 36.8 Å². The maximum Gasteiger partial charge on any atom is 0.271 e. The second-order valence-electron chi connectivity index (χ2n) is 6.66. The molecule has 0 spiro atoms. The van der Waals surface area contributed by atoms with E-state index in [1.807, 2.05) is 31.2 Å². The van der Waals surface area contributed by atoms with Crippen molar-refractivity contribution in [1.29, 1.82) is 5.26 Å². The van der Waals surface area contributed by atoms with Crippen LogP contribution in [0.3, 0.4) is 0 Å². The Labute approximate surface area is 142 Å². The van der Waals surface area contributed by atoms with Crippen LogP contribution in [0.4, 0.5) is 5.82 Å². The molecule has 0 saturated carbocycles. The van der Waals surface area contributed by atoms with Gasteiger partial charge < -0.3 is 9.88 Å². The molecule has 5 nitrogen and oxygen atoms in total. The molecule has 2 heterocycles. The van der Waals surface area contributed by atoms with Crippen molar-refractivity contribution in [2.75, 3.05) is 18.0 Å². The molecular weight excluding hydrogens is 300 g/mol. The van der Waals surface area contributed by atoms with Gasteiger partial charge >= 0.3 is 0 Å². The molecule has 0 aliphatic carbocycles. The van der Waals surface area contributed by atoms with Gasteiger partial charge in [0.2, 0.25) is 0 Å². The first-order valence-electron chi connectivity index (χ1n) is 8.40. The van der Waals surface area contributed by atoms with E-state index in [2.05, 4.69) is 27.9 Å². The third-order valence-electron chi connectivity index (χ3n) is 4.60. The maximum absolute atomic E-state index is 12.3. The number of nitrogens with one attached hydrogen (secondary N) is 1.